The number of methoxy groups -OCH3 is 1. The maximum Gasteiger partial charge on any atom is 0.305 e. The second kappa shape index (κ2) is 5.43. The van der Waals surface area contributed by atoms with E-state index in [1.54, 1.807) is 0 Å². The Morgan fingerprint density at radius 2 is 2.14 bits per heavy atom. The largest absolute Gasteiger partial charge is 0.469 e. The van der Waals surface area contributed by atoms with Crippen molar-refractivity contribution in [2.24, 2.45) is 0 Å². The quantitative estimate of drug-likeness (QED) is 0.689. The van der Waals surface area contributed by atoms with Gasteiger partial charge in [-0.05, 0) is 17.9 Å². The third-order valence-corrected chi connectivity index (χ3v) is 2.05. The lowest BCUT2D eigenvalue weighted by Gasteiger charge is -2.10. The molecular weight excluding hydrogens is 176 g/mol. The Labute approximate surface area is 87.7 Å². The summed E-state index contributed by atoms with van der Waals surface area (Å²) in [5.41, 5.74) is 0.962. The average Bonchev–Trinajstić information content (AvgIpc) is 2.36. The maximum absolute atomic E-state index is 11.2. The molecule has 0 aliphatic rings. The summed E-state index contributed by atoms with van der Waals surface area (Å²) in [7, 11) is 1.24. The van der Waals surface area contributed by atoms with Crippen molar-refractivity contribution < 1.29 is 12.3 Å². The van der Waals surface area contributed by atoms with E-state index in [4.69, 9.17) is 2.74 Å². The van der Waals surface area contributed by atoms with Crippen molar-refractivity contribution in [1.82, 2.24) is 0 Å². The summed E-state index contributed by atoms with van der Waals surface area (Å²) in [5.74, 6) is -0.814. The zero-order valence-electron chi connectivity index (χ0n) is 10.4. The highest BCUT2D eigenvalue weighted by Gasteiger charge is 2.07. The summed E-state index contributed by atoms with van der Waals surface area (Å²) >= 11 is 0. The van der Waals surface area contributed by atoms with Gasteiger partial charge in [0.15, 0.2) is 0 Å². The van der Waals surface area contributed by atoms with E-state index >= 15 is 0 Å². The van der Waals surface area contributed by atoms with Crippen LogP contribution in [0.4, 0.5) is 0 Å². The van der Waals surface area contributed by atoms with Crippen molar-refractivity contribution in [3.8, 4) is 0 Å². The number of carbonyl (C=O) groups excluding carboxylic acids is 1. The molecule has 14 heavy (non-hydrogen) atoms. The molecule has 0 N–H and O–H groups in total. The van der Waals surface area contributed by atoms with E-state index in [0.29, 0.717) is 0 Å². The van der Waals surface area contributed by atoms with Gasteiger partial charge in [0, 0.05) is 9.14 Å². The van der Waals surface area contributed by atoms with Crippen LogP contribution in [-0.2, 0) is 9.53 Å². The third kappa shape index (κ3) is 3.21. The number of esters is 1. The lowest BCUT2D eigenvalue weighted by molar-refractivity contribution is -0.140. The maximum atomic E-state index is 11.2. The van der Waals surface area contributed by atoms with Gasteiger partial charge in [-0.1, -0.05) is 37.3 Å². The van der Waals surface area contributed by atoms with E-state index in [-0.39, 0.29) is 5.92 Å². The molecule has 1 rings (SSSR count). The molecule has 3 atom stereocenters. The molecule has 0 saturated carbocycles. The number of ether oxygens (including phenoxy) is 1. The Morgan fingerprint density at radius 3 is 2.71 bits per heavy atom. The number of hydrogen-bond acceptors (Lipinski definition) is 2. The van der Waals surface area contributed by atoms with Gasteiger partial charge in [-0.25, -0.2) is 0 Å². The fourth-order valence-electron chi connectivity index (χ4n) is 1.16. The number of benzene rings is 1. The van der Waals surface area contributed by atoms with Gasteiger partial charge in [0.05, 0.1) is 7.11 Å². The molecule has 0 radical (unpaired) electrons. The van der Waals surface area contributed by atoms with Crippen molar-refractivity contribution in [3.05, 3.63) is 35.9 Å². The Kier molecular flexibility index (Phi) is 3.11. The summed E-state index contributed by atoms with van der Waals surface area (Å²) in [6.07, 6.45) is -1.96. The van der Waals surface area contributed by atoms with Gasteiger partial charge in [0.2, 0.25) is 0 Å². The molecule has 2 nitrogen and oxygen atoms in total. The van der Waals surface area contributed by atoms with E-state index in [0.717, 1.165) is 5.56 Å². The van der Waals surface area contributed by atoms with Crippen molar-refractivity contribution in [2.45, 2.75) is 25.6 Å². The van der Waals surface area contributed by atoms with E-state index < -0.39 is 18.8 Å². The molecule has 0 heterocycles. The lowest BCUT2D eigenvalue weighted by Crippen LogP contribution is -2.03. The fourth-order valence-corrected chi connectivity index (χ4v) is 1.16. The molecule has 0 spiro atoms. The smallest absolute Gasteiger partial charge is 0.305 e. The first kappa shape index (κ1) is 8.04. The van der Waals surface area contributed by atoms with E-state index in [9.17, 15) is 4.79 Å². The highest BCUT2D eigenvalue weighted by atomic mass is 16.5. The third-order valence-electron chi connectivity index (χ3n) is 2.05. The summed E-state index contributed by atoms with van der Waals surface area (Å²) in [5, 5.41) is 0. The molecule has 1 aromatic carbocycles. The minimum atomic E-state index is -1.15. The van der Waals surface area contributed by atoms with Crippen LogP contribution in [0.2, 0.25) is 0 Å². The predicted molar refractivity (Wildman–Crippen MR) is 56.1 cm³/mol. The van der Waals surface area contributed by atoms with Crippen LogP contribution < -0.4 is 0 Å². The van der Waals surface area contributed by atoms with E-state index in [1.165, 1.54) is 7.11 Å². The molecule has 0 saturated heterocycles. The molecule has 0 amide bonds. The number of hydrogen-bond donors (Lipinski definition) is 0. The van der Waals surface area contributed by atoms with Crippen LogP contribution in [0, 0.1) is 0 Å². The molecule has 0 fully saturated rings. The highest BCUT2D eigenvalue weighted by molar-refractivity contribution is 5.69. The van der Waals surface area contributed by atoms with Crippen molar-refractivity contribution in [1.29, 1.82) is 0 Å². The fraction of sp³-hybridized carbons (Fsp3) is 0.417. The molecule has 0 aliphatic carbocycles. The van der Waals surface area contributed by atoms with Crippen molar-refractivity contribution >= 4 is 5.97 Å². The van der Waals surface area contributed by atoms with Crippen LogP contribution in [-0.4, -0.2) is 13.1 Å². The van der Waals surface area contributed by atoms with Gasteiger partial charge in [-0.3, -0.25) is 4.79 Å². The topological polar surface area (TPSA) is 26.3 Å². The Morgan fingerprint density at radius 1 is 1.50 bits per heavy atom. The first-order valence-corrected chi connectivity index (χ1v) is 4.55. The average molecular weight is 194 g/mol. The van der Waals surface area contributed by atoms with Gasteiger partial charge in [-0.15, -0.1) is 0 Å². The lowest BCUT2D eigenvalue weighted by atomic mass is 9.96. The molecule has 0 aromatic heterocycles. The normalized spacial score (nSPS) is 18.7. The van der Waals surface area contributed by atoms with Crippen molar-refractivity contribution in [3.63, 3.8) is 0 Å². The molecule has 76 valence electrons. The monoisotopic (exact) mass is 194 g/mol. The standard InChI is InChI=1S/C12H16O2/c1-10(8-9-12(13)14-2)11-6-4-3-5-7-11/h3-7,10H,8-9H2,1-2H3/i8D,9D. The van der Waals surface area contributed by atoms with Crippen molar-refractivity contribution in [2.75, 3.05) is 7.11 Å². The first-order valence-electron chi connectivity index (χ1n) is 5.70. The number of rotatable bonds is 4. The molecule has 2 heteroatoms. The second-order valence-electron chi connectivity index (χ2n) is 3.08. The Bertz CT molecular complexity index is 340. The van der Waals surface area contributed by atoms with Crippen LogP contribution in [0.25, 0.3) is 0 Å². The van der Waals surface area contributed by atoms with Crippen LogP contribution in [0.1, 0.15) is 33.9 Å². The van der Waals surface area contributed by atoms with Gasteiger partial charge >= 0.3 is 5.97 Å². The Balaban J connectivity index is 2.74. The van der Waals surface area contributed by atoms with Gasteiger partial charge in [0.25, 0.3) is 0 Å². The minimum absolute atomic E-state index is 0.164. The minimum Gasteiger partial charge on any atom is -0.469 e. The SMILES string of the molecule is [2H]C(C(=O)OC)C([2H])C(C)c1ccccc1. The van der Waals surface area contributed by atoms with Crippen LogP contribution in [0.3, 0.4) is 0 Å². The zero-order valence-corrected chi connectivity index (χ0v) is 8.44. The summed E-state index contributed by atoms with van der Waals surface area (Å²) in [4.78, 5) is 11.2. The molecular formula is C12H16O2. The van der Waals surface area contributed by atoms with Gasteiger partial charge in [-0.2, -0.15) is 0 Å². The van der Waals surface area contributed by atoms with E-state index in [1.807, 2.05) is 37.3 Å². The van der Waals surface area contributed by atoms with Gasteiger partial charge < -0.3 is 4.74 Å². The summed E-state index contributed by atoms with van der Waals surface area (Å²) < 4.78 is 19.9. The molecule has 0 bridgehead atoms. The molecule has 0 aliphatic heterocycles. The zero-order chi connectivity index (χ0) is 12.1. The van der Waals surface area contributed by atoms with Gasteiger partial charge in [0.1, 0.15) is 0 Å². The number of carbonyl (C=O) groups is 1. The second-order valence-corrected chi connectivity index (χ2v) is 3.08. The first-order chi connectivity index (χ1) is 7.57. The van der Waals surface area contributed by atoms with Crippen LogP contribution in [0.5, 0.6) is 0 Å². The predicted octanol–water partition coefficient (Wildman–Crippen LogP) is 2.74. The summed E-state index contributed by atoms with van der Waals surface area (Å²) in [6, 6.07) is 9.46. The summed E-state index contributed by atoms with van der Waals surface area (Å²) in [6.45, 7) is 1.84. The molecule has 3 unspecified atom stereocenters. The van der Waals surface area contributed by atoms with Crippen LogP contribution in [0.15, 0.2) is 30.3 Å². The van der Waals surface area contributed by atoms with Crippen LogP contribution >= 0.6 is 0 Å². The van der Waals surface area contributed by atoms with E-state index in [2.05, 4.69) is 4.74 Å². The highest BCUT2D eigenvalue weighted by Crippen LogP contribution is 2.19. The molecule has 1 aromatic rings. The Hall–Kier alpha value is -1.31.